The first-order chi connectivity index (χ1) is 8.79. The Morgan fingerprint density at radius 3 is 2.72 bits per heavy atom. The third kappa shape index (κ3) is 3.65. The van der Waals surface area contributed by atoms with Crippen LogP contribution in [0, 0.1) is 6.92 Å². The zero-order valence-electron chi connectivity index (χ0n) is 11.1. The van der Waals surface area contributed by atoms with Crippen LogP contribution in [0.2, 0.25) is 0 Å². The molecule has 3 heteroatoms. The molecule has 0 bridgehead atoms. The average Bonchev–Trinajstić information content (AvgIpc) is 2.71. The lowest BCUT2D eigenvalue weighted by Gasteiger charge is -1.99. The van der Waals surface area contributed by atoms with Crippen LogP contribution >= 0.6 is 11.3 Å². The molecule has 1 N–H and O–H groups in total. The van der Waals surface area contributed by atoms with E-state index < -0.39 is 0 Å². The molecule has 0 amide bonds. The first-order valence-corrected chi connectivity index (χ1v) is 7.31. The minimum absolute atomic E-state index is 0.945. The van der Waals surface area contributed by atoms with E-state index >= 15 is 0 Å². The molecule has 0 radical (unpaired) electrons. The predicted octanol–water partition coefficient (Wildman–Crippen LogP) is 3.54. The van der Waals surface area contributed by atoms with Crippen molar-refractivity contribution < 1.29 is 0 Å². The first kappa shape index (κ1) is 13.2. The number of hydrogen-bond donors (Lipinski definition) is 1. The highest BCUT2D eigenvalue weighted by Gasteiger charge is 2.07. The molecule has 1 aromatic heterocycles. The fourth-order valence-corrected chi connectivity index (χ4v) is 2.95. The van der Waals surface area contributed by atoms with Crippen LogP contribution < -0.4 is 5.32 Å². The smallest absolute Gasteiger partial charge is 0.0975 e. The molecular formula is C15H20N2S. The summed E-state index contributed by atoms with van der Waals surface area (Å²) in [5.41, 5.74) is 2.51. The molecule has 1 aromatic carbocycles. The third-order valence-corrected chi connectivity index (χ3v) is 4.00. The molecular weight excluding hydrogens is 240 g/mol. The molecule has 0 aliphatic carbocycles. The molecule has 2 rings (SSSR count). The van der Waals surface area contributed by atoms with Gasteiger partial charge >= 0.3 is 0 Å². The Balaban J connectivity index is 2.00. The van der Waals surface area contributed by atoms with Crippen LogP contribution in [-0.4, -0.2) is 11.5 Å². The van der Waals surface area contributed by atoms with Gasteiger partial charge in [-0.2, -0.15) is 0 Å². The van der Waals surface area contributed by atoms with Crippen LogP contribution in [0.5, 0.6) is 0 Å². The number of hydrogen-bond acceptors (Lipinski definition) is 3. The Hall–Kier alpha value is -1.19. The quantitative estimate of drug-likeness (QED) is 0.804. The lowest BCUT2D eigenvalue weighted by atomic mass is 10.2. The van der Waals surface area contributed by atoms with Crippen molar-refractivity contribution >= 4 is 11.3 Å². The highest BCUT2D eigenvalue weighted by Crippen LogP contribution is 2.20. The molecule has 0 saturated carbocycles. The van der Waals surface area contributed by atoms with Crippen LogP contribution in [0.25, 0.3) is 0 Å². The van der Waals surface area contributed by atoms with Crippen molar-refractivity contribution in [1.29, 1.82) is 0 Å². The van der Waals surface area contributed by atoms with Crippen LogP contribution in [0.1, 0.15) is 34.5 Å². The predicted molar refractivity (Wildman–Crippen MR) is 78.1 cm³/mol. The van der Waals surface area contributed by atoms with Crippen molar-refractivity contribution in [1.82, 2.24) is 10.3 Å². The summed E-state index contributed by atoms with van der Waals surface area (Å²) in [7, 11) is 0. The summed E-state index contributed by atoms with van der Waals surface area (Å²) in [6, 6.07) is 10.5. The van der Waals surface area contributed by atoms with Crippen molar-refractivity contribution in [2.75, 3.05) is 6.54 Å². The van der Waals surface area contributed by atoms with Gasteiger partial charge in [0.25, 0.3) is 0 Å². The Bertz CT molecular complexity index is 476. The van der Waals surface area contributed by atoms with Gasteiger partial charge in [-0.15, -0.1) is 11.3 Å². The molecule has 96 valence electrons. The van der Waals surface area contributed by atoms with Gasteiger partial charge in [0.05, 0.1) is 10.7 Å². The Morgan fingerprint density at radius 2 is 2.00 bits per heavy atom. The van der Waals surface area contributed by atoms with Crippen LogP contribution in [0.15, 0.2) is 30.3 Å². The van der Waals surface area contributed by atoms with E-state index in [9.17, 15) is 0 Å². The molecule has 18 heavy (non-hydrogen) atoms. The molecule has 2 aromatic rings. The highest BCUT2D eigenvalue weighted by molar-refractivity contribution is 7.11. The van der Waals surface area contributed by atoms with E-state index in [-0.39, 0.29) is 0 Å². The van der Waals surface area contributed by atoms with Gasteiger partial charge in [-0.05, 0) is 25.5 Å². The molecule has 0 aliphatic rings. The summed E-state index contributed by atoms with van der Waals surface area (Å²) in [6.45, 7) is 6.32. The maximum Gasteiger partial charge on any atom is 0.0975 e. The zero-order valence-corrected chi connectivity index (χ0v) is 11.9. The standard InChI is InChI=1S/C15H20N2S/c1-3-9-16-11-14-12(2)17-15(18-14)10-13-7-5-4-6-8-13/h4-8,16H,3,9-11H2,1-2H3. The van der Waals surface area contributed by atoms with Gasteiger partial charge in [-0.3, -0.25) is 0 Å². The highest BCUT2D eigenvalue weighted by atomic mass is 32.1. The van der Waals surface area contributed by atoms with Crippen LogP contribution in [0.3, 0.4) is 0 Å². The van der Waals surface area contributed by atoms with E-state index in [2.05, 4.69) is 54.5 Å². The van der Waals surface area contributed by atoms with Crippen molar-refractivity contribution in [3.63, 3.8) is 0 Å². The van der Waals surface area contributed by atoms with Crippen molar-refractivity contribution in [2.24, 2.45) is 0 Å². The fourth-order valence-electron chi connectivity index (χ4n) is 1.88. The summed E-state index contributed by atoms with van der Waals surface area (Å²) < 4.78 is 0. The number of nitrogens with one attached hydrogen (secondary N) is 1. The summed E-state index contributed by atoms with van der Waals surface area (Å²) >= 11 is 1.83. The second kappa shape index (κ2) is 6.66. The minimum atomic E-state index is 0.945. The number of thiazole rings is 1. The number of aromatic nitrogens is 1. The van der Waals surface area contributed by atoms with Crippen LogP contribution in [-0.2, 0) is 13.0 Å². The summed E-state index contributed by atoms with van der Waals surface area (Å²) in [4.78, 5) is 6.03. The van der Waals surface area contributed by atoms with Gasteiger partial charge in [0.1, 0.15) is 0 Å². The van der Waals surface area contributed by atoms with E-state index in [1.165, 1.54) is 27.6 Å². The van der Waals surface area contributed by atoms with E-state index in [4.69, 9.17) is 0 Å². The maximum atomic E-state index is 4.66. The van der Waals surface area contributed by atoms with E-state index in [1.54, 1.807) is 0 Å². The average molecular weight is 260 g/mol. The number of aryl methyl sites for hydroxylation is 1. The van der Waals surface area contributed by atoms with Crippen LogP contribution in [0.4, 0.5) is 0 Å². The van der Waals surface area contributed by atoms with Gasteiger partial charge in [0.2, 0.25) is 0 Å². The number of nitrogens with zero attached hydrogens (tertiary/aromatic N) is 1. The van der Waals surface area contributed by atoms with E-state index in [1.807, 2.05) is 11.3 Å². The molecule has 0 unspecified atom stereocenters. The molecule has 0 fully saturated rings. The van der Waals surface area contributed by atoms with Gasteiger partial charge in [-0.1, -0.05) is 37.3 Å². The molecule has 0 atom stereocenters. The minimum Gasteiger partial charge on any atom is -0.312 e. The first-order valence-electron chi connectivity index (χ1n) is 6.49. The monoisotopic (exact) mass is 260 g/mol. The topological polar surface area (TPSA) is 24.9 Å². The summed E-state index contributed by atoms with van der Waals surface area (Å²) in [5, 5.41) is 4.65. The summed E-state index contributed by atoms with van der Waals surface area (Å²) in [6.07, 6.45) is 2.12. The Morgan fingerprint density at radius 1 is 1.22 bits per heavy atom. The van der Waals surface area contributed by atoms with Gasteiger partial charge in [-0.25, -0.2) is 4.98 Å². The van der Waals surface area contributed by atoms with Gasteiger partial charge < -0.3 is 5.32 Å². The lowest BCUT2D eigenvalue weighted by molar-refractivity contribution is 0.678. The van der Waals surface area contributed by atoms with Crippen molar-refractivity contribution in [2.45, 2.75) is 33.2 Å². The Kier molecular flexibility index (Phi) is 4.90. The van der Waals surface area contributed by atoms with Crippen molar-refractivity contribution in [3.05, 3.63) is 51.5 Å². The van der Waals surface area contributed by atoms with Gasteiger partial charge in [0, 0.05) is 17.8 Å². The summed E-state index contributed by atoms with van der Waals surface area (Å²) in [5.74, 6) is 0. The third-order valence-electron chi connectivity index (χ3n) is 2.85. The normalized spacial score (nSPS) is 10.8. The second-order valence-corrected chi connectivity index (χ2v) is 5.62. The number of rotatable bonds is 6. The molecule has 0 saturated heterocycles. The Labute approximate surface area is 113 Å². The molecule has 0 aliphatic heterocycles. The molecule has 0 spiro atoms. The lowest BCUT2D eigenvalue weighted by Crippen LogP contribution is -2.13. The maximum absolute atomic E-state index is 4.66. The second-order valence-electron chi connectivity index (χ2n) is 4.46. The zero-order chi connectivity index (χ0) is 12.8. The SMILES string of the molecule is CCCNCc1sc(Cc2ccccc2)nc1C. The van der Waals surface area contributed by atoms with Crippen molar-refractivity contribution in [3.8, 4) is 0 Å². The molecule has 1 heterocycles. The van der Waals surface area contributed by atoms with E-state index in [0.717, 1.165) is 19.5 Å². The fraction of sp³-hybridized carbons (Fsp3) is 0.400. The van der Waals surface area contributed by atoms with E-state index in [0.29, 0.717) is 0 Å². The largest absolute Gasteiger partial charge is 0.312 e. The number of benzene rings is 1. The van der Waals surface area contributed by atoms with Gasteiger partial charge in [0.15, 0.2) is 0 Å². The molecule has 2 nitrogen and oxygen atoms in total.